The fraction of sp³-hybridized carbons (Fsp3) is 0. The van der Waals surface area contributed by atoms with Gasteiger partial charge in [0, 0.05) is 34.1 Å². The minimum absolute atomic E-state index is 0.686. The summed E-state index contributed by atoms with van der Waals surface area (Å²) in [5, 5.41) is 0. The third-order valence-corrected chi connectivity index (χ3v) is 6.62. The largest absolute Gasteiger partial charge is 0.658 e. The van der Waals surface area contributed by atoms with Crippen molar-refractivity contribution < 1.29 is 9.31 Å². The Labute approximate surface area is 242 Å². The van der Waals surface area contributed by atoms with Crippen LogP contribution in [-0.4, -0.2) is 7.69 Å². The van der Waals surface area contributed by atoms with Crippen LogP contribution in [0.2, 0.25) is 0 Å². The van der Waals surface area contributed by atoms with Crippen LogP contribution in [-0.2, 0) is 0 Å². The molecule has 0 amide bonds. The topological polar surface area (TPSA) is 24.9 Å². The second-order valence-electron chi connectivity index (χ2n) is 9.33. The Morgan fingerprint density at radius 1 is 0.293 bits per heavy atom. The highest BCUT2D eigenvalue weighted by Gasteiger charge is 2.14. The van der Waals surface area contributed by atoms with E-state index in [9.17, 15) is 0 Å². The van der Waals surface area contributed by atoms with Crippen molar-refractivity contribution in [2.24, 2.45) is 0 Å². The van der Waals surface area contributed by atoms with Crippen LogP contribution < -0.4 is 19.1 Å². The monoisotopic (exact) mass is 531 g/mol. The van der Waals surface area contributed by atoms with Crippen molar-refractivity contribution in [3.05, 3.63) is 170 Å². The lowest BCUT2D eigenvalue weighted by Crippen LogP contribution is -2.12. The quantitative estimate of drug-likeness (QED) is 0.164. The van der Waals surface area contributed by atoms with Crippen molar-refractivity contribution in [3.63, 3.8) is 0 Å². The molecular weight excluding hydrogens is 503 g/mol. The van der Waals surface area contributed by atoms with Gasteiger partial charge in [-0.15, -0.1) is 0 Å². The molecule has 0 aliphatic heterocycles. The summed E-state index contributed by atoms with van der Waals surface area (Å²) in [4.78, 5) is 4.42. The summed E-state index contributed by atoms with van der Waals surface area (Å²) in [7, 11) is 1.36. The predicted molar refractivity (Wildman–Crippen MR) is 169 cm³/mol. The van der Waals surface area contributed by atoms with E-state index in [1.807, 2.05) is 121 Å². The molecule has 0 fully saturated rings. The molecular formula is C36H28BN2O2. The van der Waals surface area contributed by atoms with E-state index < -0.39 is 0 Å². The molecule has 0 saturated heterocycles. The van der Waals surface area contributed by atoms with Crippen LogP contribution in [0.4, 0.5) is 34.1 Å². The van der Waals surface area contributed by atoms with Crippen molar-refractivity contribution in [1.29, 1.82) is 0 Å². The number of anilines is 6. The summed E-state index contributed by atoms with van der Waals surface area (Å²) in [6.45, 7) is 0. The summed E-state index contributed by atoms with van der Waals surface area (Å²) in [5.41, 5.74) is 6.42. The van der Waals surface area contributed by atoms with Gasteiger partial charge in [0.05, 0.1) is 0 Å². The molecule has 0 aliphatic rings. The smallest absolute Gasteiger partial charge is 0.526 e. The Morgan fingerprint density at radius 2 is 0.537 bits per heavy atom. The highest BCUT2D eigenvalue weighted by atomic mass is 16.6. The first-order valence-corrected chi connectivity index (χ1v) is 13.5. The van der Waals surface area contributed by atoms with E-state index in [1.54, 1.807) is 0 Å². The van der Waals surface area contributed by atoms with E-state index in [0.717, 1.165) is 34.1 Å². The third-order valence-electron chi connectivity index (χ3n) is 6.62. The summed E-state index contributed by atoms with van der Waals surface area (Å²) in [5.74, 6) is 1.37. The first-order chi connectivity index (χ1) is 20.3. The van der Waals surface area contributed by atoms with Gasteiger partial charge in [-0.2, -0.15) is 0 Å². The Bertz CT molecular complexity index is 1430. The van der Waals surface area contributed by atoms with Gasteiger partial charge in [-0.3, -0.25) is 0 Å². The first-order valence-electron chi connectivity index (χ1n) is 13.5. The average Bonchev–Trinajstić information content (AvgIpc) is 3.05. The van der Waals surface area contributed by atoms with E-state index in [1.165, 1.54) is 7.69 Å². The maximum Gasteiger partial charge on any atom is 0.658 e. The summed E-state index contributed by atoms with van der Waals surface area (Å²) < 4.78 is 11.6. The molecule has 41 heavy (non-hydrogen) atoms. The molecule has 0 bridgehead atoms. The molecule has 0 unspecified atom stereocenters. The molecule has 1 radical (unpaired) electrons. The van der Waals surface area contributed by atoms with Crippen LogP contribution in [0.15, 0.2) is 170 Å². The Morgan fingerprint density at radius 3 is 0.805 bits per heavy atom. The number of benzene rings is 6. The second kappa shape index (κ2) is 12.6. The van der Waals surface area contributed by atoms with Gasteiger partial charge in [0.25, 0.3) is 0 Å². The van der Waals surface area contributed by atoms with Gasteiger partial charge in [-0.25, -0.2) is 0 Å². The summed E-state index contributed by atoms with van der Waals surface area (Å²) in [6, 6.07) is 57.2. The molecule has 6 aromatic carbocycles. The van der Waals surface area contributed by atoms with E-state index in [-0.39, 0.29) is 0 Å². The van der Waals surface area contributed by atoms with Crippen LogP contribution in [0.25, 0.3) is 0 Å². The van der Waals surface area contributed by atoms with Gasteiger partial charge in [-0.05, 0) is 97.1 Å². The van der Waals surface area contributed by atoms with Crippen LogP contribution >= 0.6 is 0 Å². The zero-order valence-electron chi connectivity index (χ0n) is 22.5. The third kappa shape index (κ3) is 6.26. The summed E-state index contributed by atoms with van der Waals surface area (Å²) >= 11 is 0. The maximum atomic E-state index is 5.80. The van der Waals surface area contributed by atoms with Gasteiger partial charge >= 0.3 is 7.69 Å². The Hall–Kier alpha value is -5.42. The minimum atomic E-state index is 0.686. The Balaban J connectivity index is 1.12. The highest BCUT2D eigenvalue weighted by molar-refractivity contribution is 6.20. The maximum absolute atomic E-state index is 5.80. The molecule has 0 N–H and O–H groups in total. The van der Waals surface area contributed by atoms with Crippen molar-refractivity contribution >= 4 is 41.8 Å². The lowest BCUT2D eigenvalue weighted by atomic mass is 10.2. The fourth-order valence-corrected chi connectivity index (χ4v) is 4.69. The average molecular weight is 531 g/mol. The number of rotatable bonds is 10. The fourth-order valence-electron chi connectivity index (χ4n) is 4.69. The molecule has 6 aromatic rings. The number of hydrogen-bond acceptors (Lipinski definition) is 4. The van der Waals surface area contributed by atoms with Crippen molar-refractivity contribution in [2.75, 3.05) is 9.80 Å². The van der Waals surface area contributed by atoms with E-state index in [2.05, 4.69) is 58.3 Å². The first kappa shape index (κ1) is 25.8. The second-order valence-corrected chi connectivity index (χ2v) is 9.33. The number of para-hydroxylation sites is 4. The number of hydrogen-bond donors (Lipinski definition) is 0. The van der Waals surface area contributed by atoms with Crippen molar-refractivity contribution in [1.82, 2.24) is 0 Å². The molecule has 0 atom stereocenters. The van der Waals surface area contributed by atoms with Crippen molar-refractivity contribution in [3.8, 4) is 11.5 Å². The van der Waals surface area contributed by atoms with Gasteiger partial charge in [0.15, 0.2) is 0 Å². The molecule has 0 aliphatic carbocycles. The molecule has 0 aromatic heterocycles. The zero-order chi connectivity index (χ0) is 27.7. The highest BCUT2D eigenvalue weighted by Crippen LogP contribution is 2.36. The summed E-state index contributed by atoms with van der Waals surface area (Å²) in [6.07, 6.45) is 0. The normalized spacial score (nSPS) is 10.4. The lowest BCUT2D eigenvalue weighted by Gasteiger charge is -2.25. The van der Waals surface area contributed by atoms with Crippen LogP contribution in [0.3, 0.4) is 0 Å². The van der Waals surface area contributed by atoms with Gasteiger partial charge in [0.1, 0.15) is 11.5 Å². The van der Waals surface area contributed by atoms with Gasteiger partial charge < -0.3 is 19.1 Å². The molecule has 4 nitrogen and oxygen atoms in total. The van der Waals surface area contributed by atoms with E-state index in [4.69, 9.17) is 9.31 Å². The standard InChI is InChI=1S/C36H28BN2O2/c1-5-13-29(14-6-1)38(30-15-7-2-8-16-30)33-21-25-35(26-22-33)40-37-41-36-27-23-34(24-28-36)39(31-17-9-3-10-18-31)32-19-11-4-12-20-32/h1-28H. The number of nitrogens with zero attached hydrogens (tertiary/aromatic N) is 2. The molecule has 6 rings (SSSR count). The zero-order valence-corrected chi connectivity index (χ0v) is 22.5. The van der Waals surface area contributed by atoms with E-state index in [0.29, 0.717) is 11.5 Å². The predicted octanol–water partition coefficient (Wildman–Crippen LogP) is 9.62. The van der Waals surface area contributed by atoms with Gasteiger partial charge in [-0.1, -0.05) is 72.8 Å². The Kier molecular flexibility index (Phi) is 7.96. The van der Waals surface area contributed by atoms with Crippen LogP contribution in [0.1, 0.15) is 0 Å². The minimum Gasteiger partial charge on any atom is -0.526 e. The van der Waals surface area contributed by atoms with Crippen molar-refractivity contribution in [2.45, 2.75) is 0 Å². The molecule has 5 heteroatoms. The molecule has 0 spiro atoms. The SMILES string of the molecule is [B](Oc1ccc(N(c2ccccc2)c2ccccc2)cc1)Oc1ccc(N(c2ccccc2)c2ccccc2)cc1. The van der Waals surface area contributed by atoms with E-state index >= 15 is 0 Å². The van der Waals surface area contributed by atoms with Gasteiger partial charge in [0.2, 0.25) is 0 Å². The molecule has 197 valence electrons. The van der Waals surface area contributed by atoms with Crippen LogP contribution in [0.5, 0.6) is 11.5 Å². The molecule has 0 saturated carbocycles. The lowest BCUT2D eigenvalue weighted by molar-refractivity contribution is 0.459. The van der Waals surface area contributed by atoms with Crippen LogP contribution in [0, 0.1) is 0 Å². The molecule has 0 heterocycles.